The van der Waals surface area contributed by atoms with Crippen molar-refractivity contribution in [1.29, 1.82) is 0 Å². The second-order valence-electron chi connectivity index (χ2n) is 6.64. The molecule has 0 radical (unpaired) electrons. The lowest BCUT2D eigenvalue weighted by molar-refractivity contribution is -0.137. The normalized spacial score (nSPS) is 11.5. The zero-order valence-corrected chi connectivity index (χ0v) is 16.0. The van der Waals surface area contributed by atoms with Crippen molar-refractivity contribution in [2.24, 2.45) is 0 Å². The number of pyridine rings is 2. The van der Waals surface area contributed by atoms with Gasteiger partial charge in [-0.3, -0.25) is 4.98 Å². The van der Waals surface area contributed by atoms with E-state index in [4.69, 9.17) is 0 Å². The molecule has 0 atom stereocenters. The molecule has 0 unspecified atom stereocenters. The van der Waals surface area contributed by atoms with Crippen LogP contribution >= 0.6 is 0 Å². The molecule has 0 spiro atoms. The lowest BCUT2D eigenvalue weighted by Crippen LogP contribution is -2.09. The number of aromatic nitrogens is 4. The third kappa shape index (κ3) is 4.13. The van der Waals surface area contributed by atoms with Crippen LogP contribution in [0.15, 0.2) is 54.7 Å². The molecule has 10 heteroatoms. The monoisotopic (exact) mass is 425 g/mol. The van der Waals surface area contributed by atoms with E-state index in [1.54, 1.807) is 24.4 Å². The van der Waals surface area contributed by atoms with Crippen molar-refractivity contribution in [2.45, 2.75) is 13.1 Å². The summed E-state index contributed by atoms with van der Waals surface area (Å²) in [6.45, 7) is 1.87. The van der Waals surface area contributed by atoms with Gasteiger partial charge in [-0.15, -0.1) is 0 Å². The minimum Gasteiger partial charge on any atom is -0.475 e. The van der Waals surface area contributed by atoms with Crippen LogP contribution in [0, 0.1) is 6.92 Å². The van der Waals surface area contributed by atoms with Crippen LogP contribution in [0.3, 0.4) is 0 Å². The fraction of sp³-hybridized carbons (Fsp3) is 0.0952. The van der Waals surface area contributed by atoms with Gasteiger partial charge in [-0.1, -0.05) is 6.07 Å². The molecule has 3 heterocycles. The van der Waals surface area contributed by atoms with E-state index in [1.807, 2.05) is 13.0 Å². The van der Waals surface area contributed by atoms with Crippen LogP contribution in [-0.2, 0) is 6.18 Å². The first-order chi connectivity index (χ1) is 14.7. The van der Waals surface area contributed by atoms with Gasteiger partial charge in [-0.05, 0) is 55.0 Å². The van der Waals surface area contributed by atoms with Crippen molar-refractivity contribution < 1.29 is 23.1 Å². The Morgan fingerprint density at radius 3 is 2.39 bits per heavy atom. The Kier molecular flexibility index (Phi) is 4.97. The fourth-order valence-corrected chi connectivity index (χ4v) is 2.97. The molecule has 4 aromatic rings. The first-order valence-electron chi connectivity index (χ1n) is 9.01. The Labute approximate surface area is 173 Å². The minimum atomic E-state index is -4.46. The number of carboxylic acid groups (broad SMARTS) is 1. The minimum absolute atomic E-state index is 0.110. The van der Waals surface area contributed by atoms with Gasteiger partial charge >= 0.3 is 12.1 Å². The number of halogens is 3. The highest BCUT2D eigenvalue weighted by atomic mass is 19.4. The second kappa shape index (κ2) is 7.63. The molecule has 0 saturated carbocycles. The number of anilines is 2. The molecule has 0 aliphatic carbocycles. The van der Waals surface area contributed by atoms with Gasteiger partial charge in [0.05, 0.1) is 22.3 Å². The largest absolute Gasteiger partial charge is 0.475 e. The number of hydrogen-bond acceptors (Lipinski definition) is 6. The average Bonchev–Trinajstić information content (AvgIpc) is 2.73. The molecule has 2 N–H and O–H groups in total. The topological polar surface area (TPSA) is 101 Å². The maximum absolute atomic E-state index is 12.8. The SMILES string of the molecule is Cc1cccnc1-c1ccc2c(Nc3ccc(C(F)(F)F)cc3)nc(C(=O)O)nc2n1. The molecular weight excluding hydrogens is 411 g/mol. The Balaban J connectivity index is 1.79. The van der Waals surface area contributed by atoms with E-state index >= 15 is 0 Å². The van der Waals surface area contributed by atoms with Gasteiger partial charge in [-0.2, -0.15) is 13.2 Å². The highest BCUT2D eigenvalue weighted by Crippen LogP contribution is 2.31. The summed E-state index contributed by atoms with van der Waals surface area (Å²) in [5, 5.41) is 12.6. The van der Waals surface area contributed by atoms with E-state index in [-0.39, 0.29) is 11.5 Å². The maximum Gasteiger partial charge on any atom is 0.416 e. The molecule has 31 heavy (non-hydrogen) atoms. The zero-order chi connectivity index (χ0) is 22.2. The smallest absolute Gasteiger partial charge is 0.416 e. The van der Waals surface area contributed by atoms with Crippen molar-refractivity contribution in [1.82, 2.24) is 19.9 Å². The number of carbonyl (C=O) groups is 1. The average molecular weight is 425 g/mol. The molecule has 1 aromatic carbocycles. The van der Waals surface area contributed by atoms with Crippen LogP contribution in [0.25, 0.3) is 22.4 Å². The van der Waals surface area contributed by atoms with E-state index in [1.165, 1.54) is 12.1 Å². The summed E-state index contributed by atoms with van der Waals surface area (Å²) < 4.78 is 38.3. The lowest BCUT2D eigenvalue weighted by atomic mass is 10.1. The number of rotatable bonds is 4. The van der Waals surface area contributed by atoms with Crippen LogP contribution in [0.4, 0.5) is 24.7 Å². The Morgan fingerprint density at radius 1 is 1.00 bits per heavy atom. The van der Waals surface area contributed by atoms with Gasteiger partial charge in [0.25, 0.3) is 0 Å². The molecule has 156 valence electrons. The molecule has 0 amide bonds. The summed E-state index contributed by atoms with van der Waals surface area (Å²) >= 11 is 0. The van der Waals surface area contributed by atoms with Crippen LogP contribution in [-0.4, -0.2) is 31.0 Å². The first kappa shape index (κ1) is 20.2. The van der Waals surface area contributed by atoms with E-state index in [9.17, 15) is 23.1 Å². The predicted octanol–water partition coefficient (Wildman–Crippen LogP) is 4.86. The van der Waals surface area contributed by atoms with Crippen LogP contribution in [0.5, 0.6) is 0 Å². The molecule has 0 bridgehead atoms. The fourth-order valence-electron chi connectivity index (χ4n) is 2.97. The Hall–Kier alpha value is -4.08. The molecule has 0 saturated heterocycles. The van der Waals surface area contributed by atoms with Crippen molar-refractivity contribution >= 4 is 28.5 Å². The van der Waals surface area contributed by atoms with Crippen LogP contribution in [0.2, 0.25) is 0 Å². The number of carboxylic acids is 1. The zero-order valence-electron chi connectivity index (χ0n) is 16.0. The van der Waals surface area contributed by atoms with Gasteiger partial charge in [0, 0.05) is 11.9 Å². The third-order valence-electron chi connectivity index (χ3n) is 4.48. The van der Waals surface area contributed by atoms with E-state index in [0.717, 1.165) is 17.7 Å². The molecule has 4 rings (SSSR count). The number of aryl methyl sites for hydroxylation is 1. The molecule has 7 nitrogen and oxygen atoms in total. The number of aromatic carboxylic acids is 1. The summed E-state index contributed by atoms with van der Waals surface area (Å²) in [4.78, 5) is 28.2. The van der Waals surface area contributed by atoms with Crippen molar-refractivity contribution in [3.63, 3.8) is 0 Å². The van der Waals surface area contributed by atoms with Gasteiger partial charge in [0.1, 0.15) is 5.82 Å². The van der Waals surface area contributed by atoms with Crippen molar-refractivity contribution in [3.05, 3.63) is 71.7 Å². The van der Waals surface area contributed by atoms with E-state index in [2.05, 4.69) is 25.3 Å². The number of fused-ring (bicyclic) bond motifs is 1. The molecule has 0 aliphatic heterocycles. The summed E-state index contributed by atoms with van der Waals surface area (Å²) in [5.74, 6) is -1.75. The highest BCUT2D eigenvalue weighted by molar-refractivity contribution is 5.94. The Morgan fingerprint density at radius 2 is 1.74 bits per heavy atom. The Bertz CT molecular complexity index is 1290. The van der Waals surface area contributed by atoms with Gasteiger partial charge < -0.3 is 10.4 Å². The summed E-state index contributed by atoms with van der Waals surface area (Å²) in [5.41, 5.74) is 1.62. The number of benzene rings is 1. The summed E-state index contributed by atoms with van der Waals surface area (Å²) in [6.07, 6.45) is -2.84. The highest BCUT2D eigenvalue weighted by Gasteiger charge is 2.30. The molecular formula is C21H14F3N5O2. The predicted molar refractivity (Wildman–Crippen MR) is 107 cm³/mol. The number of nitrogens with zero attached hydrogens (tertiary/aromatic N) is 4. The van der Waals surface area contributed by atoms with E-state index < -0.39 is 23.5 Å². The molecule has 0 fully saturated rings. The van der Waals surface area contributed by atoms with Crippen LogP contribution < -0.4 is 5.32 Å². The maximum atomic E-state index is 12.8. The summed E-state index contributed by atoms with van der Waals surface area (Å²) in [6, 6.07) is 11.3. The van der Waals surface area contributed by atoms with Crippen LogP contribution in [0.1, 0.15) is 21.7 Å². The third-order valence-corrected chi connectivity index (χ3v) is 4.48. The second-order valence-corrected chi connectivity index (χ2v) is 6.64. The molecule has 0 aliphatic rings. The van der Waals surface area contributed by atoms with Gasteiger partial charge in [0.2, 0.25) is 5.82 Å². The van der Waals surface area contributed by atoms with Gasteiger partial charge in [-0.25, -0.2) is 19.7 Å². The van der Waals surface area contributed by atoms with Crippen molar-refractivity contribution in [3.8, 4) is 11.4 Å². The van der Waals surface area contributed by atoms with Gasteiger partial charge in [0.15, 0.2) is 5.65 Å². The lowest BCUT2D eigenvalue weighted by Gasteiger charge is -2.12. The number of alkyl halides is 3. The number of hydrogen-bond donors (Lipinski definition) is 2. The summed E-state index contributed by atoms with van der Waals surface area (Å²) in [7, 11) is 0. The van der Waals surface area contributed by atoms with Crippen molar-refractivity contribution in [2.75, 3.05) is 5.32 Å². The standard InChI is InChI=1S/C21H14F3N5O2/c1-11-3-2-10-25-16(11)15-9-8-14-17(28-19(20(30)31)29-18(14)27-15)26-13-6-4-12(5-7-13)21(22,23)24/h2-10H,1H3,(H,30,31)(H,26,27,28,29). The first-order valence-corrected chi connectivity index (χ1v) is 9.01. The quantitative estimate of drug-likeness (QED) is 0.482. The molecule has 3 aromatic heterocycles. The van der Waals surface area contributed by atoms with E-state index in [0.29, 0.717) is 22.5 Å². The number of nitrogens with one attached hydrogen (secondary N) is 1.